The molecule has 7 heteroatoms. The summed E-state index contributed by atoms with van der Waals surface area (Å²) in [5, 5.41) is 4.68. The van der Waals surface area contributed by atoms with Crippen LogP contribution in [0.25, 0.3) is 0 Å². The zero-order chi connectivity index (χ0) is 18.1. The van der Waals surface area contributed by atoms with Crippen molar-refractivity contribution in [3.63, 3.8) is 0 Å². The van der Waals surface area contributed by atoms with Crippen LogP contribution in [0.15, 0.2) is 17.5 Å². The third-order valence-corrected chi connectivity index (χ3v) is 4.89. The number of ether oxygens (including phenoxy) is 1. The molecule has 138 valence electrons. The molecule has 1 fully saturated rings. The molecule has 0 saturated heterocycles. The van der Waals surface area contributed by atoms with Gasteiger partial charge in [0.1, 0.15) is 0 Å². The van der Waals surface area contributed by atoms with Crippen LogP contribution in [0.5, 0.6) is 0 Å². The van der Waals surface area contributed by atoms with Crippen LogP contribution in [-0.2, 0) is 14.3 Å². The molecular weight excluding hydrogens is 340 g/mol. The van der Waals surface area contributed by atoms with Gasteiger partial charge in [0.2, 0.25) is 5.91 Å². The Bertz CT molecular complexity index is 570. The van der Waals surface area contributed by atoms with Gasteiger partial charge in [-0.1, -0.05) is 6.07 Å². The van der Waals surface area contributed by atoms with E-state index >= 15 is 0 Å². The molecule has 0 aromatic carbocycles. The van der Waals surface area contributed by atoms with E-state index in [-0.39, 0.29) is 24.2 Å². The molecule has 0 radical (unpaired) electrons. The fourth-order valence-corrected chi connectivity index (χ4v) is 3.12. The monoisotopic (exact) mass is 366 g/mol. The molecule has 2 rings (SSSR count). The van der Waals surface area contributed by atoms with E-state index in [4.69, 9.17) is 4.74 Å². The van der Waals surface area contributed by atoms with Crippen LogP contribution < -0.4 is 5.32 Å². The molecule has 1 aromatic rings. The molecule has 2 amide bonds. The van der Waals surface area contributed by atoms with Gasteiger partial charge in [-0.2, -0.15) is 0 Å². The minimum absolute atomic E-state index is 0.0431. The Balaban J connectivity index is 1.68. The normalized spacial score (nSPS) is 13.3. The van der Waals surface area contributed by atoms with E-state index < -0.39 is 0 Å². The first-order valence-electron chi connectivity index (χ1n) is 8.85. The van der Waals surface area contributed by atoms with E-state index in [1.165, 1.54) is 11.3 Å². The predicted molar refractivity (Wildman–Crippen MR) is 96.4 cm³/mol. The summed E-state index contributed by atoms with van der Waals surface area (Å²) in [6, 6.07) is 3.61. The van der Waals surface area contributed by atoms with Gasteiger partial charge < -0.3 is 15.0 Å². The van der Waals surface area contributed by atoms with Crippen LogP contribution in [0.3, 0.4) is 0 Å². The van der Waals surface area contributed by atoms with Gasteiger partial charge in [-0.15, -0.1) is 11.3 Å². The van der Waals surface area contributed by atoms with Crippen LogP contribution >= 0.6 is 11.3 Å². The summed E-state index contributed by atoms with van der Waals surface area (Å²) in [6.45, 7) is 3.74. The third-order valence-electron chi connectivity index (χ3n) is 4.02. The highest BCUT2D eigenvalue weighted by atomic mass is 32.1. The summed E-state index contributed by atoms with van der Waals surface area (Å²) < 4.78 is 4.93. The smallest absolute Gasteiger partial charge is 0.307 e. The predicted octanol–water partition coefficient (Wildman–Crippen LogP) is 2.45. The first-order chi connectivity index (χ1) is 12.1. The van der Waals surface area contributed by atoms with Gasteiger partial charge in [-0.3, -0.25) is 14.4 Å². The molecule has 0 atom stereocenters. The number of carbonyl (C=O) groups excluding carboxylic acids is 3. The van der Waals surface area contributed by atoms with E-state index in [2.05, 4.69) is 5.32 Å². The molecule has 1 saturated carbocycles. The van der Waals surface area contributed by atoms with E-state index in [0.29, 0.717) is 43.3 Å². The van der Waals surface area contributed by atoms with Crippen LogP contribution in [0, 0.1) is 5.92 Å². The molecule has 1 aromatic heterocycles. The number of hydrogen-bond donors (Lipinski definition) is 1. The molecule has 0 bridgehead atoms. The minimum Gasteiger partial charge on any atom is -0.466 e. The summed E-state index contributed by atoms with van der Waals surface area (Å²) >= 11 is 1.40. The lowest BCUT2D eigenvalue weighted by Gasteiger charge is -2.22. The van der Waals surface area contributed by atoms with Crippen molar-refractivity contribution >= 4 is 29.1 Å². The van der Waals surface area contributed by atoms with Gasteiger partial charge in [0.25, 0.3) is 5.91 Å². The van der Waals surface area contributed by atoms with E-state index in [9.17, 15) is 14.4 Å². The van der Waals surface area contributed by atoms with Crippen molar-refractivity contribution in [2.24, 2.45) is 5.92 Å². The maximum Gasteiger partial charge on any atom is 0.307 e. The first-order valence-corrected chi connectivity index (χ1v) is 9.73. The Morgan fingerprint density at radius 2 is 2.12 bits per heavy atom. The highest BCUT2D eigenvalue weighted by molar-refractivity contribution is 7.12. The quantitative estimate of drug-likeness (QED) is 0.482. The van der Waals surface area contributed by atoms with Crippen molar-refractivity contribution in [3.05, 3.63) is 22.4 Å². The number of esters is 1. The zero-order valence-electron chi connectivity index (χ0n) is 14.7. The Morgan fingerprint density at radius 1 is 1.32 bits per heavy atom. The highest BCUT2D eigenvalue weighted by Gasteiger charge is 2.26. The molecular formula is C18H26N2O4S. The molecule has 0 unspecified atom stereocenters. The number of thiophene rings is 1. The van der Waals surface area contributed by atoms with Gasteiger partial charge in [-0.25, -0.2) is 0 Å². The summed E-state index contributed by atoms with van der Waals surface area (Å²) in [5.74, 6) is 0.255. The maximum absolute atomic E-state index is 12.4. The summed E-state index contributed by atoms with van der Waals surface area (Å²) in [5.41, 5.74) is 0. The van der Waals surface area contributed by atoms with Gasteiger partial charge in [0.05, 0.1) is 17.9 Å². The van der Waals surface area contributed by atoms with Gasteiger partial charge >= 0.3 is 5.97 Å². The van der Waals surface area contributed by atoms with Crippen molar-refractivity contribution < 1.29 is 19.1 Å². The second-order valence-corrected chi connectivity index (χ2v) is 7.12. The average molecular weight is 366 g/mol. The van der Waals surface area contributed by atoms with Crippen molar-refractivity contribution in [1.82, 2.24) is 10.2 Å². The van der Waals surface area contributed by atoms with Crippen molar-refractivity contribution in [2.75, 3.05) is 26.2 Å². The van der Waals surface area contributed by atoms with E-state index in [0.717, 1.165) is 19.4 Å². The summed E-state index contributed by atoms with van der Waals surface area (Å²) in [4.78, 5) is 38.2. The largest absolute Gasteiger partial charge is 0.466 e. The SMILES string of the molecule is CCOC(=O)CCN(CC1CC1)C(=O)CCCNC(=O)c1cccs1. The van der Waals surface area contributed by atoms with Crippen LogP contribution in [-0.4, -0.2) is 48.9 Å². The molecule has 1 aliphatic rings. The molecule has 1 heterocycles. The number of carbonyl (C=O) groups is 3. The van der Waals surface area contributed by atoms with E-state index in [1.54, 1.807) is 17.9 Å². The minimum atomic E-state index is -0.265. The molecule has 1 aliphatic carbocycles. The lowest BCUT2D eigenvalue weighted by atomic mass is 10.2. The fourth-order valence-electron chi connectivity index (χ4n) is 2.48. The molecule has 6 nitrogen and oxygen atoms in total. The topological polar surface area (TPSA) is 75.7 Å². The van der Waals surface area contributed by atoms with Crippen molar-refractivity contribution in [1.29, 1.82) is 0 Å². The zero-order valence-corrected chi connectivity index (χ0v) is 15.5. The van der Waals surface area contributed by atoms with Gasteiger partial charge in [0, 0.05) is 26.1 Å². The fraction of sp³-hybridized carbons (Fsp3) is 0.611. The summed E-state index contributed by atoms with van der Waals surface area (Å²) in [6.07, 6.45) is 3.51. The molecule has 1 N–H and O–H groups in total. The number of nitrogens with one attached hydrogen (secondary N) is 1. The number of hydrogen-bond acceptors (Lipinski definition) is 5. The average Bonchev–Trinajstić information content (AvgIpc) is 3.24. The highest BCUT2D eigenvalue weighted by Crippen LogP contribution is 2.30. The number of amides is 2. The van der Waals surface area contributed by atoms with Crippen LogP contribution in [0.2, 0.25) is 0 Å². The standard InChI is InChI=1S/C18H26N2O4S/c1-2-24-17(22)9-11-20(13-14-7-8-14)16(21)6-3-10-19-18(23)15-5-4-12-25-15/h4-5,12,14H,2-3,6-11,13H2,1H3,(H,19,23). The Labute approximate surface area is 152 Å². The van der Waals surface area contributed by atoms with Gasteiger partial charge in [0.15, 0.2) is 0 Å². The maximum atomic E-state index is 12.4. The Morgan fingerprint density at radius 3 is 2.76 bits per heavy atom. The van der Waals surface area contributed by atoms with Crippen LogP contribution in [0.1, 0.15) is 48.7 Å². The third kappa shape index (κ3) is 7.25. The van der Waals surface area contributed by atoms with Crippen molar-refractivity contribution in [2.45, 2.75) is 39.0 Å². The Hall–Kier alpha value is -1.89. The number of rotatable bonds is 11. The summed E-state index contributed by atoms with van der Waals surface area (Å²) in [7, 11) is 0. The van der Waals surface area contributed by atoms with Gasteiger partial charge in [-0.05, 0) is 43.6 Å². The molecule has 0 aliphatic heterocycles. The lowest BCUT2D eigenvalue weighted by Crippen LogP contribution is -2.35. The van der Waals surface area contributed by atoms with E-state index in [1.807, 2.05) is 11.4 Å². The number of nitrogens with zero attached hydrogens (tertiary/aromatic N) is 1. The van der Waals surface area contributed by atoms with Crippen molar-refractivity contribution in [3.8, 4) is 0 Å². The Kier molecular flexibility index (Phi) is 7.91. The second-order valence-electron chi connectivity index (χ2n) is 6.17. The van der Waals surface area contributed by atoms with Crippen LogP contribution in [0.4, 0.5) is 0 Å². The molecule has 25 heavy (non-hydrogen) atoms. The lowest BCUT2D eigenvalue weighted by molar-refractivity contribution is -0.144. The first kappa shape index (κ1) is 19.4. The molecule has 0 spiro atoms. The second kappa shape index (κ2) is 10.2.